The van der Waals surface area contributed by atoms with E-state index in [0.717, 1.165) is 0 Å². The summed E-state index contributed by atoms with van der Waals surface area (Å²) in [5.41, 5.74) is -0.845. The molecule has 3 nitrogen and oxygen atoms in total. The average molecular weight is 132 g/mol. The minimum Gasteiger partial charge on any atom is -0.396 e. The predicted molar refractivity (Wildman–Crippen MR) is 31.9 cm³/mol. The standard InChI is InChI=1S/C6H12O3/c7-4-1-5(8)6(9)2-3-6/h5,7-9H,1-4H2. The molecule has 1 fully saturated rings. The minimum absolute atomic E-state index is 0.0521. The van der Waals surface area contributed by atoms with Gasteiger partial charge in [0, 0.05) is 6.61 Å². The molecule has 1 unspecified atom stereocenters. The maximum absolute atomic E-state index is 9.17. The van der Waals surface area contributed by atoms with Gasteiger partial charge in [-0.3, -0.25) is 0 Å². The molecule has 0 aromatic carbocycles. The van der Waals surface area contributed by atoms with Gasteiger partial charge in [-0.15, -0.1) is 0 Å². The molecule has 1 rings (SSSR count). The van der Waals surface area contributed by atoms with E-state index in [0.29, 0.717) is 12.8 Å². The zero-order valence-electron chi connectivity index (χ0n) is 5.25. The Labute approximate surface area is 53.9 Å². The van der Waals surface area contributed by atoms with Crippen LogP contribution >= 0.6 is 0 Å². The Balaban J connectivity index is 2.24. The highest BCUT2D eigenvalue weighted by Gasteiger charge is 2.46. The molecule has 0 aliphatic heterocycles. The van der Waals surface area contributed by atoms with E-state index in [2.05, 4.69) is 0 Å². The van der Waals surface area contributed by atoms with Crippen LogP contribution < -0.4 is 0 Å². The second-order valence-electron chi connectivity index (χ2n) is 2.63. The van der Waals surface area contributed by atoms with Crippen LogP contribution in [0.25, 0.3) is 0 Å². The Kier molecular flexibility index (Phi) is 1.75. The number of aliphatic hydroxyl groups is 3. The molecule has 0 aromatic rings. The van der Waals surface area contributed by atoms with Gasteiger partial charge in [-0.05, 0) is 19.3 Å². The Morgan fingerprint density at radius 1 is 1.44 bits per heavy atom. The summed E-state index contributed by atoms with van der Waals surface area (Å²) in [5.74, 6) is 0. The molecule has 0 radical (unpaired) electrons. The fourth-order valence-electron chi connectivity index (χ4n) is 0.852. The number of hydrogen-bond acceptors (Lipinski definition) is 3. The van der Waals surface area contributed by atoms with Crippen LogP contribution in [0.5, 0.6) is 0 Å². The van der Waals surface area contributed by atoms with Gasteiger partial charge in [-0.25, -0.2) is 0 Å². The van der Waals surface area contributed by atoms with Crippen molar-refractivity contribution < 1.29 is 15.3 Å². The first-order chi connectivity index (χ1) is 4.19. The molecular formula is C6H12O3. The third kappa shape index (κ3) is 1.41. The molecule has 0 amide bonds. The molecule has 9 heavy (non-hydrogen) atoms. The Bertz CT molecular complexity index is 98.5. The van der Waals surface area contributed by atoms with Crippen molar-refractivity contribution in [2.24, 2.45) is 0 Å². The largest absolute Gasteiger partial charge is 0.396 e. The second kappa shape index (κ2) is 2.25. The first-order valence-electron chi connectivity index (χ1n) is 3.20. The van der Waals surface area contributed by atoms with Crippen LogP contribution in [0.3, 0.4) is 0 Å². The SMILES string of the molecule is OCCC(O)C1(O)CC1. The molecule has 0 aromatic heterocycles. The molecule has 1 saturated carbocycles. The molecule has 0 heterocycles. The lowest BCUT2D eigenvalue weighted by atomic mass is 10.1. The van der Waals surface area contributed by atoms with Gasteiger partial charge in [-0.2, -0.15) is 0 Å². The van der Waals surface area contributed by atoms with E-state index in [1.807, 2.05) is 0 Å². The summed E-state index contributed by atoms with van der Waals surface area (Å²) in [4.78, 5) is 0. The highest BCUT2D eigenvalue weighted by Crippen LogP contribution is 2.39. The Hall–Kier alpha value is -0.120. The summed E-state index contributed by atoms with van der Waals surface area (Å²) in [7, 11) is 0. The summed E-state index contributed by atoms with van der Waals surface area (Å²) >= 11 is 0. The molecule has 0 spiro atoms. The van der Waals surface area contributed by atoms with Crippen LogP contribution in [0.15, 0.2) is 0 Å². The second-order valence-corrected chi connectivity index (χ2v) is 2.63. The number of rotatable bonds is 3. The average Bonchev–Trinajstić information content (AvgIpc) is 2.50. The summed E-state index contributed by atoms with van der Waals surface area (Å²) < 4.78 is 0. The van der Waals surface area contributed by atoms with Gasteiger partial charge in [0.15, 0.2) is 0 Å². The van der Waals surface area contributed by atoms with Crippen LogP contribution in [0.1, 0.15) is 19.3 Å². The summed E-state index contributed by atoms with van der Waals surface area (Å²) in [6.45, 7) is -0.0521. The van der Waals surface area contributed by atoms with Crippen molar-refractivity contribution in [1.29, 1.82) is 0 Å². The predicted octanol–water partition coefficient (Wildman–Crippen LogP) is -0.745. The van der Waals surface area contributed by atoms with Crippen molar-refractivity contribution in [1.82, 2.24) is 0 Å². The molecule has 0 bridgehead atoms. The first kappa shape index (κ1) is 6.99. The van der Waals surface area contributed by atoms with E-state index >= 15 is 0 Å². The summed E-state index contributed by atoms with van der Waals surface area (Å²) in [6, 6.07) is 0. The van der Waals surface area contributed by atoms with Crippen LogP contribution in [0, 0.1) is 0 Å². The summed E-state index contributed by atoms with van der Waals surface area (Å²) in [6.07, 6.45) is 0.918. The van der Waals surface area contributed by atoms with Gasteiger partial charge < -0.3 is 15.3 Å². The lowest BCUT2D eigenvalue weighted by molar-refractivity contribution is -0.0129. The van der Waals surface area contributed by atoms with Gasteiger partial charge in [-0.1, -0.05) is 0 Å². The zero-order valence-corrected chi connectivity index (χ0v) is 5.25. The van der Waals surface area contributed by atoms with E-state index in [4.69, 9.17) is 15.3 Å². The lowest BCUT2D eigenvalue weighted by Crippen LogP contribution is -2.28. The third-order valence-electron chi connectivity index (χ3n) is 1.79. The van der Waals surface area contributed by atoms with Gasteiger partial charge in [0.2, 0.25) is 0 Å². The maximum atomic E-state index is 9.17. The molecule has 1 aliphatic carbocycles. The molecule has 1 atom stereocenters. The van der Waals surface area contributed by atoms with Crippen LogP contribution in [0.2, 0.25) is 0 Å². The molecule has 1 aliphatic rings. The van der Waals surface area contributed by atoms with Crippen molar-refractivity contribution >= 4 is 0 Å². The molecule has 0 saturated heterocycles. The lowest BCUT2D eigenvalue weighted by Gasteiger charge is -2.13. The normalized spacial score (nSPS) is 25.7. The molecule has 3 heteroatoms. The maximum Gasteiger partial charge on any atom is 0.0908 e. The van der Waals surface area contributed by atoms with E-state index in [-0.39, 0.29) is 13.0 Å². The monoisotopic (exact) mass is 132 g/mol. The van der Waals surface area contributed by atoms with E-state index in [1.165, 1.54) is 0 Å². The molecule has 3 N–H and O–H groups in total. The van der Waals surface area contributed by atoms with Crippen molar-refractivity contribution in [2.75, 3.05) is 6.61 Å². The van der Waals surface area contributed by atoms with Gasteiger partial charge in [0.25, 0.3) is 0 Å². The fourth-order valence-corrected chi connectivity index (χ4v) is 0.852. The van der Waals surface area contributed by atoms with E-state index in [1.54, 1.807) is 0 Å². The Morgan fingerprint density at radius 3 is 2.33 bits per heavy atom. The highest BCUT2D eigenvalue weighted by atomic mass is 16.3. The van der Waals surface area contributed by atoms with Crippen molar-refractivity contribution in [3.63, 3.8) is 0 Å². The van der Waals surface area contributed by atoms with Crippen LogP contribution in [0.4, 0.5) is 0 Å². The minimum atomic E-state index is -0.845. The quantitative estimate of drug-likeness (QED) is 0.473. The van der Waals surface area contributed by atoms with Crippen molar-refractivity contribution in [3.05, 3.63) is 0 Å². The van der Waals surface area contributed by atoms with Gasteiger partial charge in [0.05, 0.1) is 11.7 Å². The van der Waals surface area contributed by atoms with Gasteiger partial charge >= 0.3 is 0 Å². The third-order valence-corrected chi connectivity index (χ3v) is 1.79. The smallest absolute Gasteiger partial charge is 0.0908 e. The number of hydrogen-bond donors (Lipinski definition) is 3. The van der Waals surface area contributed by atoms with Crippen molar-refractivity contribution in [2.45, 2.75) is 31.0 Å². The molecular weight excluding hydrogens is 120 g/mol. The summed E-state index contributed by atoms with van der Waals surface area (Å²) in [5, 5.41) is 26.6. The van der Waals surface area contributed by atoms with Gasteiger partial charge in [0.1, 0.15) is 0 Å². The topological polar surface area (TPSA) is 60.7 Å². The fraction of sp³-hybridized carbons (Fsp3) is 1.00. The molecule has 54 valence electrons. The number of aliphatic hydroxyl groups excluding tert-OH is 2. The van der Waals surface area contributed by atoms with Crippen molar-refractivity contribution in [3.8, 4) is 0 Å². The Morgan fingerprint density at radius 2 is 2.00 bits per heavy atom. The highest BCUT2D eigenvalue weighted by molar-refractivity contribution is 4.99. The zero-order chi connectivity index (χ0) is 6.91. The van der Waals surface area contributed by atoms with E-state index < -0.39 is 11.7 Å². The van der Waals surface area contributed by atoms with E-state index in [9.17, 15) is 0 Å². The first-order valence-corrected chi connectivity index (χ1v) is 3.20. The van der Waals surface area contributed by atoms with Crippen LogP contribution in [-0.4, -0.2) is 33.6 Å². The van der Waals surface area contributed by atoms with Crippen LogP contribution in [-0.2, 0) is 0 Å².